The number of pyridine rings is 1. The van der Waals surface area contributed by atoms with Crippen LogP contribution in [-0.4, -0.2) is 17.6 Å². The van der Waals surface area contributed by atoms with Crippen molar-refractivity contribution in [3.63, 3.8) is 0 Å². The van der Waals surface area contributed by atoms with E-state index in [0.717, 1.165) is 0 Å². The molecule has 1 heterocycles. The first kappa shape index (κ1) is 17.1. The normalized spacial score (nSPS) is 11.8. The third-order valence-corrected chi connectivity index (χ3v) is 2.82. The molecular formula is C11H9F5INO2. The number of hydrogen-bond donors (Lipinski definition) is 0. The molecule has 1 rings (SSSR count). The lowest BCUT2D eigenvalue weighted by atomic mass is 10.0. The molecule has 0 aromatic carbocycles. The number of ether oxygens (including phenoxy) is 1. The van der Waals surface area contributed by atoms with Crippen molar-refractivity contribution in [2.75, 3.05) is 6.61 Å². The molecule has 0 saturated carbocycles. The molecule has 1 aromatic heterocycles. The predicted molar refractivity (Wildman–Crippen MR) is 67.3 cm³/mol. The highest BCUT2D eigenvalue weighted by atomic mass is 127. The van der Waals surface area contributed by atoms with E-state index < -0.39 is 41.8 Å². The zero-order chi connectivity index (χ0) is 15.5. The molecule has 0 aliphatic heterocycles. The minimum atomic E-state index is -4.85. The topological polar surface area (TPSA) is 39.2 Å². The molecule has 0 atom stereocenters. The Balaban J connectivity index is 3.38. The van der Waals surface area contributed by atoms with Crippen LogP contribution >= 0.6 is 22.6 Å². The molecule has 0 radical (unpaired) electrons. The maximum Gasteiger partial charge on any atom is 0.416 e. The number of esters is 1. The number of aromatic nitrogens is 1. The molecule has 0 unspecified atom stereocenters. The summed E-state index contributed by atoms with van der Waals surface area (Å²) in [6.07, 6.45) is -8.96. The number of hydrogen-bond acceptors (Lipinski definition) is 3. The Morgan fingerprint density at radius 2 is 2.05 bits per heavy atom. The predicted octanol–water partition coefficient (Wildman–Crippen LogP) is 3.75. The highest BCUT2D eigenvalue weighted by Gasteiger charge is 2.37. The average Bonchev–Trinajstić information content (AvgIpc) is 2.29. The van der Waals surface area contributed by atoms with E-state index in [9.17, 15) is 26.7 Å². The lowest BCUT2D eigenvalue weighted by Crippen LogP contribution is -2.18. The van der Waals surface area contributed by atoms with Gasteiger partial charge in [-0.3, -0.25) is 4.79 Å². The Labute approximate surface area is 124 Å². The first-order valence-corrected chi connectivity index (χ1v) is 6.45. The van der Waals surface area contributed by atoms with Crippen molar-refractivity contribution in [1.82, 2.24) is 4.98 Å². The van der Waals surface area contributed by atoms with Gasteiger partial charge in [0.15, 0.2) is 0 Å². The van der Waals surface area contributed by atoms with Gasteiger partial charge in [0.05, 0.1) is 18.6 Å². The van der Waals surface area contributed by atoms with Crippen LogP contribution in [0.1, 0.15) is 30.2 Å². The summed E-state index contributed by atoms with van der Waals surface area (Å²) in [5.74, 6) is -1.01. The van der Waals surface area contributed by atoms with Crippen LogP contribution in [0.3, 0.4) is 0 Å². The van der Waals surface area contributed by atoms with Gasteiger partial charge in [0.25, 0.3) is 6.43 Å². The van der Waals surface area contributed by atoms with Crippen molar-refractivity contribution >= 4 is 28.6 Å². The van der Waals surface area contributed by atoms with Gasteiger partial charge >= 0.3 is 12.1 Å². The van der Waals surface area contributed by atoms with Gasteiger partial charge in [0.1, 0.15) is 9.39 Å². The molecule has 0 saturated heterocycles. The molecule has 20 heavy (non-hydrogen) atoms. The van der Waals surface area contributed by atoms with Crippen LogP contribution < -0.4 is 0 Å². The molecule has 112 valence electrons. The third-order valence-electron chi connectivity index (χ3n) is 2.26. The molecule has 0 aliphatic rings. The number of rotatable bonds is 4. The fourth-order valence-electron chi connectivity index (χ4n) is 1.53. The molecule has 0 N–H and O–H groups in total. The summed E-state index contributed by atoms with van der Waals surface area (Å²) in [6.45, 7) is 1.41. The second kappa shape index (κ2) is 6.64. The Morgan fingerprint density at radius 3 is 2.50 bits per heavy atom. The molecule has 0 amide bonds. The minimum Gasteiger partial charge on any atom is -0.466 e. The lowest BCUT2D eigenvalue weighted by Gasteiger charge is -2.16. The zero-order valence-corrected chi connectivity index (χ0v) is 12.3. The Kier molecular flexibility index (Phi) is 5.66. The van der Waals surface area contributed by atoms with Gasteiger partial charge in [-0.15, -0.1) is 0 Å². The van der Waals surface area contributed by atoms with Gasteiger partial charge in [-0.2, -0.15) is 13.2 Å². The fourth-order valence-corrected chi connectivity index (χ4v) is 2.11. The van der Waals surface area contributed by atoms with Crippen LogP contribution in [0.25, 0.3) is 0 Å². The highest BCUT2D eigenvalue weighted by Crippen LogP contribution is 2.36. The van der Waals surface area contributed by atoms with Crippen LogP contribution in [0.2, 0.25) is 0 Å². The SMILES string of the molecule is CCOC(=O)Cc1c(C(F)(F)F)cc(I)nc1C(F)F. The van der Waals surface area contributed by atoms with E-state index in [4.69, 9.17) is 0 Å². The van der Waals surface area contributed by atoms with Crippen LogP contribution in [0, 0.1) is 3.70 Å². The molecule has 0 aliphatic carbocycles. The van der Waals surface area contributed by atoms with Crippen molar-refractivity contribution in [2.24, 2.45) is 0 Å². The summed E-state index contributed by atoms with van der Waals surface area (Å²) in [5.41, 5.74) is -3.18. The van der Waals surface area contributed by atoms with Crippen molar-refractivity contribution in [1.29, 1.82) is 0 Å². The first-order chi connectivity index (χ1) is 9.16. The van der Waals surface area contributed by atoms with Gasteiger partial charge < -0.3 is 4.74 Å². The van der Waals surface area contributed by atoms with Crippen LogP contribution in [0.5, 0.6) is 0 Å². The lowest BCUT2D eigenvalue weighted by molar-refractivity contribution is -0.143. The first-order valence-electron chi connectivity index (χ1n) is 5.37. The van der Waals surface area contributed by atoms with Crippen LogP contribution in [0.4, 0.5) is 22.0 Å². The minimum absolute atomic E-state index is 0.0536. The summed E-state index contributed by atoms with van der Waals surface area (Å²) in [5, 5.41) is 0. The third kappa shape index (κ3) is 4.25. The summed E-state index contributed by atoms with van der Waals surface area (Å²) in [4.78, 5) is 14.7. The molecule has 0 bridgehead atoms. The van der Waals surface area contributed by atoms with Crippen LogP contribution in [-0.2, 0) is 22.1 Å². The summed E-state index contributed by atoms with van der Waals surface area (Å²) >= 11 is 1.41. The quantitative estimate of drug-likeness (QED) is 0.329. The smallest absolute Gasteiger partial charge is 0.416 e. The van der Waals surface area contributed by atoms with Gasteiger partial charge in [-0.1, -0.05) is 0 Å². The summed E-state index contributed by atoms with van der Waals surface area (Å²) < 4.78 is 68.6. The van der Waals surface area contributed by atoms with Crippen molar-refractivity contribution in [3.05, 3.63) is 26.6 Å². The molecule has 0 fully saturated rings. The maximum absolute atomic E-state index is 12.9. The van der Waals surface area contributed by atoms with E-state index in [1.807, 2.05) is 0 Å². The maximum atomic E-state index is 12.9. The van der Waals surface area contributed by atoms with Gasteiger partial charge in [0.2, 0.25) is 0 Å². The standard InChI is InChI=1S/C11H9F5INO2/c1-2-20-8(19)3-5-6(11(14,15)16)4-7(17)18-9(5)10(12)13/h4,10H,2-3H2,1H3. The Hall–Kier alpha value is -1.00. The van der Waals surface area contributed by atoms with E-state index in [2.05, 4.69) is 9.72 Å². The van der Waals surface area contributed by atoms with E-state index >= 15 is 0 Å². The van der Waals surface area contributed by atoms with E-state index in [1.165, 1.54) is 29.5 Å². The van der Waals surface area contributed by atoms with Crippen LogP contribution in [0.15, 0.2) is 6.07 Å². The van der Waals surface area contributed by atoms with Gasteiger partial charge in [-0.25, -0.2) is 13.8 Å². The highest BCUT2D eigenvalue weighted by molar-refractivity contribution is 14.1. The largest absolute Gasteiger partial charge is 0.466 e. The second-order valence-electron chi connectivity index (χ2n) is 3.64. The van der Waals surface area contributed by atoms with Gasteiger partial charge in [-0.05, 0) is 35.6 Å². The molecule has 1 aromatic rings. The molecule has 9 heteroatoms. The Morgan fingerprint density at radius 1 is 1.45 bits per heavy atom. The summed E-state index contributed by atoms with van der Waals surface area (Å²) in [6, 6.07) is 0.626. The van der Waals surface area contributed by atoms with E-state index in [-0.39, 0.29) is 10.3 Å². The van der Waals surface area contributed by atoms with E-state index in [0.29, 0.717) is 6.07 Å². The van der Waals surface area contributed by atoms with Crippen molar-refractivity contribution in [2.45, 2.75) is 25.9 Å². The Bertz CT molecular complexity index is 504. The van der Waals surface area contributed by atoms with Gasteiger partial charge in [0, 0.05) is 5.56 Å². The molecular weight excluding hydrogens is 400 g/mol. The molecule has 0 spiro atoms. The average molecular weight is 409 g/mol. The summed E-state index contributed by atoms with van der Waals surface area (Å²) in [7, 11) is 0. The van der Waals surface area contributed by atoms with Crippen molar-refractivity contribution < 1.29 is 31.5 Å². The number of carbonyl (C=O) groups excluding carboxylic acids is 1. The van der Waals surface area contributed by atoms with E-state index in [1.54, 1.807) is 0 Å². The number of carbonyl (C=O) groups is 1. The number of halogens is 6. The fraction of sp³-hybridized carbons (Fsp3) is 0.455. The van der Waals surface area contributed by atoms with Crippen molar-refractivity contribution in [3.8, 4) is 0 Å². The second-order valence-corrected chi connectivity index (χ2v) is 4.74. The number of nitrogens with zero attached hydrogens (tertiary/aromatic N) is 1. The number of alkyl halides is 5. The zero-order valence-electron chi connectivity index (χ0n) is 10.1. The monoisotopic (exact) mass is 409 g/mol. The molecule has 3 nitrogen and oxygen atoms in total.